The molecule has 0 saturated heterocycles. The molecule has 24 heavy (non-hydrogen) atoms. The molecule has 0 unspecified atom stereocenters. The van der Waals surface area contributed by atoms with Gasteiger partial charge in [-0.25, -0.2) is 17.5 Å². The fourth-order valence-electron chi connectivity index (χ4n) is 1.97. The van der Waals surface area contributed by atoms with Crippen LogP contribution in [0.3, 0.4) is 0 Å². The van der Waals surface area contributed by atoms with Crippen molar-refractivity contribution in [3.8, 4) is 11.5 Å². The number of aromatic nitrogens is 3. The third-order valence-corrected chi connectivity index (χ3v) is 4.38. The van der Waals surface area contributed by atoms with Crippen LogP contribution in [0.25, 0.3) is 11.5 Å². The van der Waals surface area contributed by atoms with Gasteiger partial charge in [-0.05, 0) is 18.2 Å². The molecule has 0 aliphatic heterocycles. The fraction of sp³-hybridized carbons (Fsp3) is 0.133. The lowest BCUT2D eigenvalue weighted by molar-refractivity contribution is 0.375. The largest absolute Gasteiger partial charge is 0.337 e. The van der Waals surface area contributed by atoms with E-state index >= 15 is 0 Å². The number of rotatable bonds is 6. The summed E-state index contributed by atoms with van der Waals surface area (Å²) in [5, 5.41) is 3.74. The molecular weight excluding hydrogens is 335 g/mol. The quantitative estimate of drug-likeness (QED) is 0.730. The molecule has 124 valence electrons. The number of benzene rings is 1. The number of hydrogen-bond acceptors (Lipinski definition) is 6. The first kappa shape index (κ1) is 16.2. The SMILES string of the molecule is O=S(=O)(Cc1ccccc1F)NCc1nc(-c2ccccn2)no1. The van der Waals surface area contributed by atoms with Gasteiger partial charge < -0.3 is 4.52 Å². The van der Waals surface area contributed by atoms with Crippen molar-refractivity contribution in [2.24, 2.45) is 0 Å². The van der Waals surface area contributed by atoms with Gasteiger partial charge in [0.15, 0.2) is 0 Å². The van der Waals surface area contributed by atoms with Crippen LogP contribution in [-0.2, 0) is 22.3 Å². The molecular formula is C15H13FN4O3S. The second-order valence-electron chi connectivity index (χ2n) is 4.90. The first-order chi connectivity index (χ1) is 11.5. The molecule has 0 amide bonds. The molecule has 0 fully saturated rings. The van der Waals surface area contributed by atoms with Gasteiger partial charge in [-0.2, -0.15) is 4.98 Å². The summed E-state index contributed by atoms with van der Waals surface area (Å²) in [7, 11) is -3.74. The van der Waals surface area contributed by atoms with Crippen LogP contribution in [0.4, 0.5) is 4.39 Å². The standard InChI is InChI=1S/C15H13FN4O3S/c16-12-6-2-1-5-11(12)10-24(21,22)18-9-14-19-15(20-23-14)13-7-3-4-8-17-13/h1-8,18H,9-10H2. The van der Waals surface area contributed by atoms with E-state index in [1.54, 1.807) is 30.5 Å². The number of nitrogens with zero attached hydrogens (tertiary/aromatic N) is 3. The molecule has 0 aliphatic carbocycles. The zero-order valence-electron chi connectivity index (χ0n) is 12.4. The predicted octanol–water partition coefficient (Wildman–Crippen LogP) is 1.89. The molecule has 0 aliphatic rings. The van der Waals surface area contributed by atoms with E-state index < -0.39 is 21.6 Å². The molecule has 9 heteroatoms. The second-order valence-corrected chi connectivity index (χ2v) is 6.71. The van der Waals surface area contributed by atoms with Crippen LogP contribution >= 0.6 is 0 Å². The highest BCUT2D eigenvalue weighted by Gasteiger charge is 2.16. The normalized spacial score (nSPS) is 11.5. The summed E-state index contributed by atoms with van der Waals surface area (Å²) in [5.41, 5.74) is 0.603. The van der Waals surface area contributed by atoms with Gasteiger partial charge in [0, 0.05) is 11.8 Å². The van der Waals surface area contributed by atoms with Gasteiger partial charge in [-0.3, -0.25) is 4.98 Å². The van der Waals surface area contributed by atoms with Crippen molar-refractivity contribution in [3.63, 3.8) is 0 Å². The van der Waals surface area contributed by atoms with Crippen LogP contribution in [0, 0.1) is 5.82 Å². The topological polar surface area (TPSA) is 98.0 Å². The number of halogens is 1. The molecule has 3 rings (SSSR count). The lowest BCUT2D eigenvalue weighted by Gasteiger charge is -2.05. The number of sulfonamides is 1. The second kappa shape index (κ2) is 6.85. The van der Waals surface area contributed by atoms with Gasteiger partial charge in [0.2, 0.25) is 21.7 Å². The summed E-state index contributed by atoms with van der Waals surface area (Å²) < 4.78 is 44.9. The Kier molecular flexibility index (Phi) is 4.63. The van der Waals surface area contributed by atoms with E-state index in [1.807, 2.05) is 0 Å². The molecule has 0 saturated carbocycles. The zero-order chi connectivity index (χ0) is 17.0. The molecule has 1 aromatic carbocycles. The van der Waals surface area contributed by atoms with E-state index in [1.165, 1.54) is 18.2 Å². The van der Waals surface area contributed by atoms with Gasteiger partial charge in [0.1, 0.15) is 11.5 Å². The van der Waals surface area contributed by atoms with Crippen LogP contribution in [0.2, 0.25) is 0 Å². The van der Waals surface area contributed by atoms with E-state index in [4.69, 9.17) is 4.52 Å². The molecule has 2 heterocycles. The highest BCUT2D eigenvalue weighted by Crippen LogP contribution is 2.13. The molecule has 1 N–H and O–H groups in total. The molecule has 7 nitrogen and oxygen atoms in total. The zero-order valence-corrected chi connectivity index (χ0v) is 13.2. The average Bonchev–Trinajstić information content (AvgIpc) is 3.05. The third kappa shape index (κ3) is 4.00. The maximum Gasteiger partial charge on any atom is 0.242 e. The van der Waals surface area contributed by atoms with Crippen LogP contribution in [-0.4, -0.2) is 23.5 Å². The lowest BCUT2D eigenvalue weighted by atomic mass is 10.2. The van der Waals surface area contributed by atoms with E-state index in [0.717, 1.165) is 0 Å². The maximum atomic E-state index is 13.5. The van der Waals surface area contributed by atoms with Crippen molar-refractivity contribution >= 4 is 10.0 Å². The summed E-state index contributed by atoms with van der Waals surface area (Å²) in [6.07, 6.45) is 1.59. The minimum absolute atomic E-state index is 0.0877. The van der Waals surface area contributed by atoms with E-state index in [2.05, 4.69) is 19.8 Å². The Morgan fingerprint density at radius 1 is 1.12 bits per heavy atom. The van der Waals surface area contributed by atoms with Crippen molar-refractivity contribution < 1.29 is 17.3 Å². The number of nitrogens with one attached hydrogen (secondary N) is 1. The van der Waals surface area contributed by atoms with E-state index in [-0.39, 0.29) is 23.8 Å². The Balaban J connectivity index is 1.65. The molecule has 0 bridgehead atoms. The third-order valence-electron chi connectivity index (χ3n) is 3.11. The fourth-order valence-corrected chi connectivity index (χ4v) is 3.06. The Hall–Kier alpha value is -2.65. The van der Waals surface area contributed by atoms with Crippen molar-refractivity contribution in [2.45, 2.75) is 12.3 Å². The summed E-state index contributed by atoms with van der Waals surface area (Å²) >= 11 is 0. The van der Waals surface area contributed by atoms with Gasteiger partial charge >= 0.3 is 0 Å². The Morgan fingerprint density at radius 2 is 1.92 bits per heavy atom. The Labute approximate surface area is 137 Å². The lowest BCUT2D eigenvalue weighted by Crippen LogP contribution is -2.25. The Morgan fingerprint density at radius 3 is 2.67 bits per heavy atom. The van der Waals surface area contributed by atoms with Gasteiger partial charge in [-0.15, -0.1) is 0 Å². The van der Waals surface area contributed by atoms with Crippen LogP contribution in [0.15, 0.2) is 53.2 Å². The van der Waals surface area contributed by atoms with Crippen molar-refractivity contribution in [1.29, 1.82) is 0 Å². The van der Waals surface area contributed by atoms with Crippen molar-refractivity contribution in [3.05, 3.63) is 65.9 Å². The number of pyridine rings is 1. The van der Waals surface area contributed by atoms with Gasteiger partial charge in [-0.1, -0.05) is 29.4 Å². The first-order valence-electron chi connectivity index (χ1n) is 6.98. The molecule has 3 aromatic rings. The first-order valence-corrected chi connectivity index (χ1v) is 8.63. The summed E-state index contributed by atoms with van der Waals surface area (Å²) in [6, 6.07) is 10.9. The molecule has 0 atom stereocenters. The van der Waals surface area contributed by atoms with Crippen LogP contribution < -0.4 is 4.72 Å². The smallest absolute Gasteiger partial charge is 0.242 e. The summed E-state index contributed by atoms with van der Waals surface area (Å²) in [4.78, 5) is 8.14. The van der Waals surface area contributed by atoms with Crippen LogP contribution in [0.1, 0.15) is 11.5 Å². The van der Waals surface area contributed by atoms with E-state index in [0.29, 0.717) is 5.69 Å². The highest BCUT2D eigenvalue weighted by molar-refractivity contribution is 7.88. The molecule has 2 aromatic heterocycles. The average molecular weight is 348 g/mol. The van der Waals surface area contributed by atoms with Gasteiger partial charge in [0.05, 0.1) is 12.3 Å². The Bertz CT molecular complexity index is 929. The minimum atomic E-state index is -3.74. The summed E-state index contributed by atoms with van der Waals surface area (Å²) in [5.74, 6) is -0.689. The van der Waals surface area contributed by atoms with Gasteiger partial charge in [0.25, 0.3) is 0 Å². The van der Waals surface area contributed by atoms with E-state index in [9.17, 15) is 12.8 Å². The van der Waals surface area contributed by atoms with Crippen LogP contribution in [0.5, 0.6) is 0 Å². The minimum Gasteiger partial charge on any atom is -0.337 e. The van der Waals surface area contributed by atoms with Crippen molar-refractivity contribution in [1.82, 2.24) is 19.8 Å². The monoisotopic (exact) mass is 348 g/mol. The predicted molar refractivity (Wildman–Crippen MR) is 83.4 cm³/mol. The number of hydrogen-bond donors (Lipinski definition) is 1. The maximum absolute atomic E-state index is 13.5. The highest BCUT2D eigenvalue weighted by atomic mass is 32.2. The summed E-state index contributed by atoms with van der Waals surface area (Å²) in [6.45, 7) is -0.184. The van der Waals surface area contributed by atoms with Crippen molar-refractivity contribution in [2.75, 3.05) is 0 Å². The molecule has 0 spiro atoms. The molecule has 0 radical (unpaired) electrons.